The molecular formula is C17H16ClF3N4O2. The molecule has 0 unspecified atom stereocenters. The van der Waals surface area contributed by atoms with Gasteiger partial charge in [0.1, 0.15) is 11.6 Å². The monoisotopic (exact) mass is 400 g/mol. The smallest absolute Gasteiger partial charge is 0.422 e. The maximum Gasteiger partial charge on any atom is 0.422 e. The molecule has 0 saturated carbocycles. The Morgan fingerprint density at radius 2 is 1.93 bits per heavy atom. The minimum atomic E-state index is -4.43. The normalized spacial score (nSPS) is 11.0. The summed E-state index contributed by atoms with van der Waals surface area (Å²) in [6.45, 7) is 0.120. The van der Waals surface area contributed by atoms with Gasteiger partial charge in [-0.3, -0.25) is 4.79 Å². The van der Waals surface area contributed by atoms with E-state index in [-0.39, 0.29) is 22.0 Å². The zero-order chi connectivity index (χ0) is 20.2. The summed E-state index contributed by atoms with van der Waals surface area (Å²) in [6, 6.07) is 5.41. The number of nitrogens with one attached hydrogen (secondary N) is 3. The molecule has 1 aromatic carbocycles. The summed E-state index contributed by atoms with van der Waals surface area (Å²) in [5.74, 6) is -0.179. The molecule has 2 aromatic rings. The van der Waals surface area contributed by atoms with Crippen molar-refractivity contribution in [3.8, 4) is 5.75 Å². The number of hydrogen-bond donors (Lipinski definition) is 3. The number of rotatable bonds is 6. The van der Waals surface area contributed by atoms with Crippen molar-refractivity contribution >= 4 is 34.7 Å². The molecule has 0 aliphatic carbocycles. The Morgan fingerprint density at radius 3 is 2.44 bits per heavy atom. The number of nitrogens with zero attached hydrogens (tertiary/aromatic N) is 1. The molecule has 0 atom stereocenters. The summed E-state index contributed by atoms with van der Waals surface area (Å²) in [5, 5.41) is 13.2. The number of carbonyl (C=O) groups is 1. The van der Waals surface area contributed by atoms with Crippen LogP contribution in [0.3, 0.4) is 0 Å². The first-order valence-corrected chi connectivity index (χ1v) is 8.03. The average molecular weight is 401 g/mol. The number of halogens is 4. The lowest BCUT2D eigenvalue weighted by molar-refractivity contribution is -0.153. The second kappa shape index (κ2) is 8.26. The molecule has 1 amide bonds. The highest BCUT2D eigenvalue weighted by Gasteiger charge is 2.28. The van der Waals surface area contributed by atoms with Crippen molar-refractivity contribution < 1.29 is 22.7 Å². The Labute approximate surface area is 158 Å². The minimum absolute atomic E-state index is 0.0186. The zero-order valence-corrected chi connectivity index (χ0v) is 15.1. The molecule has 0 aliphatic heterocycles. The molecule has 1 aromatic heterocycles. The topological polar surface area (TPSA) is 87.1 Å². The summed E-state index contributed by atoms with van der Waals surface area (Å²) >= 11 is 6.25. The van der Waals surface area contributed by atoms with Crippen molar-refractivity contribution in [3.05, 3.63) is 46.6 Å². The third-order valence-electron chi connectivity index (χ3n) is 3.39. The first-order valence-electron chi connectivity index (χ1n) is 7.65. The van der Waals surface area contributed by atoms with Crippen LogP contribution in [0.2, 0.25) is 5.02 Å². The van der Waals surface area contributed by atoms with Gasteiger partial charge in [-0.15, -0.1) is 0 Å². The molecule has 27 heavy (non-hydrogen) atoms. The van der Waals surface area contributed by atoms with Gasteiger partial charge in [-0.2, -0.15) is 13.2 Å². The van der Waals surface area contributed by atoms with Gasteiger partial charge in [-0.25, -0.2) is 4.98 Å². The summed E-state index contributed by atoms with van der Waals surface area (Å²) in [7, 11) is 1.62. The molecule has 0 radical (unpaired) electrons. The van der Waals surface area contributed by atoms with Crippen molar-refractivity contribution in [2.75, 3.05) is 24.3 Å². The van der Waals surface area contributed by atoms with Crippen LogP contribution in [0.25, 0.3) is 0 Å². The molecule has 0 aliphatic rings. The number of aromatic nitrogens is 1. The minimum Gasteiger partial charge on any atom is -0.484 e. The second-order valence-electron chi connectivity index (χ2n) is 5.47. The van der Waals surface area contributed by atoms with Gasteiger partial charge >= 0.3 is 6.18 Å². The predicted molar refractivity (Wildman–Crippen MR) is 97.2 cm³/mol. The Balaban J connectivity index is 2.16. The van der Waals surface area contributed by atoms with E-state index in [1.807, 2.05) is 0 Å². The lowest BCUT2D eigenvalue weighted by Crippen LogP contribution is -2.19. The molecule has 3 N–H and O–H groups in total. The van der Waals surface area contributed by atoms with E-state index in [1.165, 1.54) is 37.4 Å². The number of amides is 1. The number of benzene rings is 1. The highest BCUT2D eigenvalue weighted by Crippen LogP contribution is 2.27. The Morgan fingerprint density at radius 1 is 1.30 bits per heavy atom. The molecule has 0 bridgehead atoms. The van der Waals surface area contributed by atoms with Crippen LogP contribution in [0, 0.1) is 5.41 Å². The summed E-state index contributed by atoms with van der Waals surface area (Å²) in [4.78, 5) is 16.5. The van der Waals surface area contributed by atoms with E-state index in [4.69, 9.17) is 17.0 Å². The molecule has 144 valence electrons. The van der Waals surface area contributed by atoms with E-state index >= 15 is 0 Å². The van der Waals surface area contributed by atoms with E-state index in [2.05, 4.69) is 20.4 Å². The average Bonchev–Trinajstić information content (AvgIpc) is 2.59. The van der Waals surface area contributed by atoms with Crippen LogP contribution < -0.4 is 15.4 Å². The van der Waals surface area contributed by atoms with Crippen molar-refractivity contribution in [3.63, 3.8) is 0 Å². The van der Waals surface area contributed by atoms with Gasteiger partial charge in [0.2, 0.25) is 0 Å². The molecular weight excluding hydrogens is 385 g/mol. The number of pyridine rings is 1. The van der Waals surface area contributed by atoms with E-state index < -0.39 is 18.7 Å². The number of carbonyl (C=O) groups excluding carboxylic acids is 1. The standard InChI is InChI=1S/C17H16ClF3N4O2/c1-9(22)13-14(18)12(7-24-15(13)23-2)16(26)25-10-3-5-11(6-4-10)27-8-17(19,20)21/h3-7,22H,8H2,1-2H3,(H,23,24)(H,25,26). The van der Waals surface area contributed by atoms with Crippen molar-refractivity contribution in [2.24, 2.45) is 0 Å². The lowest BCUT2D eigenvalue weighted by Gasteiger charge is -2.13. The van der Waals surface area contributed by atoms with Gasteiger partial charge in [-0.1, -0.05) is 11.6 Å². The van der Waals surface area contributed by atoms with Gasteiger partial charge in [-0.05, 0) is 31.2 Å². The first-order chi connectivity index (χ1) is 12.6. The van der Waals surface area contributed by atoms with Crippen molar-refractivity contribution in [1.29, 1.82) is 5.41 Å². The maximum absolute atomic E-state index is 12.4. The number of hydrogen-bond acceptors (Lipinski definition) is 5. The summed E-state index contributed by atoms with van der Waals surface area (Å²) < 4.78 is 41.0. The van der Waals surface area contributed by atoms with Crippen molar-refractivity contribution in [1.82, 2.24) is 4.98 Å². The highest BCUT2D eigenvalue weighted by atomic mass is 35.5. The van der Waals surface area contributed by atoms with Gasteiger partial charge in [0, 0.05) is 24.6 Å². The number of alkyl halides is 3. The van der Waals surface area contributed by atoms with Crippen molar-refractivity contribution in [2.45, 2.75) is 13.1 Å². The van der Waals surface area contributed by atoms with Crippen LogP contribution in [0.1, 0.15) is 22.8 Å². The maximum atomic E-state index is 12.4. The lowest BCUT2D eigenvalue weighted by atomic mass is 10.1. The first kappa shape index (κ1) is 20.5. The number of ether oxygens (including phenoxy) is 1. The van der Waals surface area contributed by atoms with E-state index in [0.29, 0.717) is 17.1 Å². The van der Waals surface area contributed by atoms with Gasteiger partial charge in [0.25, 0.3) is 5.91 Å². The third-order valence-corrected chi connectivity index (χ3v) is 3.78. The highest BCUT2D eigenvalue weighted by molar-refractivity contribution is 6.38. The SMILES string of the molecule is CNc1ncc(C(=O)Nc2ccc(OCC(F)(F)F)cc2)c(Cl)c1C(C)=N. The zero-order valence-electron chi connectivity index (χ0n) is 14.4. The second-order valence-corrected chi connectivity index (χ2v) is 5.84. The number of anilines is 2. The fraction of sp³-hybridized carbons (Fsp3) is 0.235. The Bertz CT molecular complexity index is 854. The molecule has 6 nitrogen and oxygen atoms in total. The van der Waals surface area contributed by atoms with E-state index in [9.17, 15) is 18.0 Å². The third kappa shape index (κ3) is 5.33. The largest absolute Gasteiger partial charge is 0.484 e. The van der Waals surface area contributed by atoms with Gasteiger partial charge in [0.05, 0.1) is 16.1 Å². The fourth-order valence-corrected chi connectivity index (χ4v) is 2.54. The van der Waals surface area contributed by atoms with Crippen LogP contribution in [-0.4, -0.2) is 36.4 Å². The van der Waals surface area contributed by atoms with Crippen LogP contribution in [0.15, 0.2) is 30.5 Å². The molecule has 1 heterocycles. The van der Waals surface area contributed by atoms with Gasteiger partial charge in [0.15, 0.2) is 6.61 Å². The predicted octanol–water partition coefficient (Wildman–Crippen LogP) is 4.36. The van der Waals surface area contributed by atoms with E-state index in [1.54, 1.807) is 7.05 Å². The Hall–Kier alpha value is -2.81. The van der Waals surface area contributed by atoms with Crippen LogP contribution in [0.5, 0.6) is 5.75 Å². The summed E-state index contributed by atoms with van der Waals surface area (Å²) in [6.07, 6.45) is -3.16. The van der Waals surface area contributed by atoms with Crippen LogP contribution in [-0.2, 0) is 0 Å². The fourth-order valence-electron chi connectivity index (χ4n) is 2.18. The van der Waals surface area contributed by atoms with Gasteiger partial charge < -0.3 is 20.8 Å². The summed E-state index contributed by atoms with van der Waals surface area (Å²) in [5.41, 5.74) is 0.844. The molecule has 10 heteroatoms. The van der Waals surface area contributed by atoms with Crippen LogP contribution in [0.4, 0.5) is 24.7 Å². The molecule has 0 saturated heterocycles. The Kier molecular flexibility index (Phi) is 6.27. The van der Waals surface area contributed by atoms with Crippen LogP contribution >= 0.6 is 11.6 Å². The molecule has 0 fully saturated rings. The van der Waals surface area contributed by atoms with E-state index in [0.717, 1.165) is 0 Å². The molecule has 2 rings (SSSR count). The quantitative estimate of drug-likeness (QED) is 0.629. The molecule has 0 spiro atoms.